The van der Waals surface area contributed by atoms with Crippen molar-refractivity contribution in [2.24, 2.45) is 5.41 Å². The Bertz CT molecular complexity index is 939. The molecular formula is C21H26FN3O2. The van der Waals surface area contributed by atoms with Gasteiger partial charge in [0.25, 0.3) is 11.5 Å². The van der Waals surface area contributed by atoms with E-state index in [-0.39, 0.29) is 27.9 Å². The molecule has 1 atom stereocenters. The predicted molar refractivity (Wildman–Crippen MR) is 102 cm³/mol. The topological polar surface area (TPSA) is 74.8 Å². The number of aryl methyl sites for hydroxylation is 1. The summed E-state index contributed by atoms with van der Waals surface area (Å²) in [6.07, 6.45) is 1.99. The molecule has 0 saturated heterocycles. The lowest BCUT2D eigenvalue weighted by atomic mass is 9.81. The number of amides is 1. The second-order valence-corrected chi connectivity index (χ2v) is 8.79. The van der Waals surface area contributed by atoms with Crippen LogP contribution in [0, 0.1) is 18.2 Å². The number of rotatable bonds is 4. The lowest BCUT2D eigenvalue weighted by Crippen LogP contribution is -2.37. The summed E-state index contributed by atoms with van der Waals surface area (Å²) in [5.41, 5.74) is 0.681. The zero-order chi connectivity index (χ0) is 20.0. The van der Waals surface area contributed by atoms with Gasteiger partial charge in [-0.1, -0.05) is 39.8 Å². The Morgan fingerprint density at radius 2 is 1.96 bits per heavy atom. The fraction of sp³-hybridized carbons (Fsp3) is 0.476. The zero-order valence-electron chi connectivity index (χ0n) is 16.4. The molecule has 144 valence electrons. The maximum absolute atomic E-state index is 14.7. The highest BCUT2D eigenvalue weighted by atomic mass is 19.1. The number of halogens is 1. The summed E-state index contributed by atoms with van der Waals surface area (Å²) >= 11 is 0. The Hall–Kier alpha value is -2.50. The SMILES string of the molecule is Cc1nc(C(=O)N[C@@H](c2ccc(C3(C)CC3)c(F)c2)C(C)(C)C)cc(=O)[nH]1. The molecule has 1 aliphatic carbocycles. The molecule has 1 aromatic carbocycles. The molecule has 0 radical (unpaired) electrons. The number of nitrogens with zero attached hydrogens (tertiary/aromatic N) is 1. The van der Waals surface area contributed by atoms with Gasteiger partial charge in [0.05, 0.1) is 6.04 Å². The minimum absolute atomic E-state index is 0.0492. The van der Waals surface area contributed by atoms with Gasteiger partial charge in [-0.3, -0.25) is 9.59 Å². The summed E-state index contributed by atoms with van der Waals surface area (Å²) in [7, 11) is 0. The van der Waals surface area contributed by atoms with Gasteiger partial charge in [-0.25, -0.2) is 9.37 Å². The molecule has 1 aliphatic rings. The van der Waals surface area contributed by atoms with E-state index in [1.54, 1.807) is 6.92 Å². The number of benzene rings is 1. The molecule has 0 bridgehead atoms. The lowest BCUT2D eigenvalue weighted by molar-refractivity contribution is 0.0896. The summed E-state index contributed by atoms with van der Waals surface area (Å²) < 4.78 is 14.7. The normalized spacial score (nSPS) is 16.7. The highest BCUT2D eigenvalue weighted by Crippen LogP contribution is 2.49. The van der Waals surface area contributed by atoms with Gasteiger partial charge in [0.2, 0.25) is 0 Å². The quantitative estimate of drug-likeness (QED) is 0.859. The number of aromatic amines is 1. The number of hydrogen-bond acceptors (Lipinski definition) is 3. The molecule has 0 unspecified atom stereocenters. The van der Waals surface area contributed by atoms with Crippen molar-refractivity contribution >= 4 is 5.91 Å². The predicted octanol–water partition coefficient (Wildman–Crippen LogP) is 3.79. The van der Waals surface area contributed by atoms with Crippen molar-refractivity contribution in [2.75, 3.05) is 0 Å². The van der Waals surface area contributed by atoms with Crippen LogP contribution in [0.15, 0.2) is 29.1 Å². The molecule has 1 saturated carbocycles. The van der Waals surface area contributed by atoms with Gasteiger partial charge in [-0.2, -0.15) is 0 Å². The lowest BCUT2D eigenvalue weighted by Gasteiger charge is -2.32. The average molecular weight is 371 g/mol. The first-order valence-electron chi connectivity index (χ1n) is 9.18. The Morgan fingerprint density at radius 3 is 2.48 bits per heavy atom. The molecule has 1 fully saturated rings. The van der Waals surface area contributed by atoms with E-state index in [1.807, 2.05) is 32.9 Å². The zero-order valence-corrected chi connectivity index (χ0v) is 16.4. The summed E-state index contributed by atoms with van der Waals surface area (Å²) in [4.78, 5) is 30.9. The van der Waals surface area contributed by atoms with E-state index in [4.69, 9.17) is 0 Å². The monoisotopic (exact) mass is 371 g/mol. The van der Waals surface area contributed by atoms with E-state index >= 15 is 0 Å². The fourth-order valence-corrected chi connectivity index (χ4v) is 3.36. The molecular weight excluding hydrogens is 345 g/mol. The van der Waals surface area contributed by atoms with Crippen molar-refractivity contribution in [3.05, 3.63) is 63.1 Å². The van der Waals surface area contributed by atoms with Crippen LogP contribution in [0.1, 0.15) is 74.0 Å². The number of carbonyl (C=O) groups excluding carboxylic acids is 1. The first kappa shape index (κ1) is 19.3. The molecule has 6 heteroatoms. The summed E-state index contributed by atoms with van der Waals surface area (Å²) in [5.74, 6) is -0.322. The van der Waals surface area contributed by atoms with Gasteiger partial charge in [-0.05, 0) is 47.8 Å². The Balaban J connectivity index is 1.92. The van der Waals surface area contributed by atoms with Gasteiger partial charge in [0, 0.05) is 6.07 Å². The Morgan fingerprint density at radius 1 is 1.30 bits per heavy atom. The van der Waals surface area contributed by atoms with Crippen LogP contribution in [-0.4, -0.2) is 15.9 Å². The molecule has 0 spiro atoms. The van der Waals surface area contributed by atoms with Crippen LogP contribution < -0.4 is 10.9 Å². The van der Waals surface area contributed by atoms with E-state index in [9.17, 15) is 14.0 Å². The third-order valence-corrected chi connectivity index (χ3v) is 5.21. The van der Waals surface area contributed by atoms with Crippen LogP contribution in [0.3, 0.4) is 0 Å². The first-order chi connectivity index (χ1) is 12.5. The van der Waals surface area contributed by atoms with Gasteiger partial charge < -0.3 is 10.3 Å². The van der Waals surface area contributed by atoms with E-state index < -0.39 is 11.9 Å². The van der Waals surface area contributed by atoms with Crippen LogP contribution in [0.4, 0.5) is 4.39 Å². The smallest absolute Gasteiger partial charge is 0.270 e. The highest BCUT2D eigenvalue weighted by molar-refractivity contribution is 5.92. The number of hydrogen-bond donors (Lipinski definition) is 2. The number of carbonyl (C=O) groups is 1. The van der Waals surface area contributed by atoms with Crippen LogP contribution in [0.25, 0.3) is 0 Å². The van der Waals surface area contributed by atoms with E-state index in [0.717, 1.165) is 18.4 Å². The fourth-order valence-electron chi connectivity index (χ4n) is 3.36. The molecule has 1 heterocycles. The van der Waals surface area contributed by atoms with Crippen LogP contribution >= 0.6 is 0 Å². The molecule has 2 aromatic rings. The third-order valence-electron chi connectivity index (χ3n) is 5.21. The maximum atomic E-state index is 14.7. The van der Waals surface area contributed by atoms with Crippen molar-refractivity contribution in [3.63, 3.8) is 0 Å². The highest BCUT2D eigenvalue weighted by Gasteiger charge is 2.41. The summed E-state index contributed by atoms with van der Waals surface area (Å²) in [6.45, 7) is 9.61. The standard InChI is InChI=1S/C21H26FN3O2/c1-12-23-16(11-17(26)24-12)19(27)25-18(20(2,3)4)13-6-7-14(15(22)10-13)21(5)8-9-21/h6-7,10-11,18H,8-9H2,1-5H3,(H,25,27)(H,23,24,26)/t18-/m0/s1. The van der Waals surface area contributed by atoms with Gasteiger partial charge in [0.1, 0.15) is 17.3 Å². The molecule has 1 amide bonds. The van der Waals surface area contributed by atoms with Gasteiger partial charge >= 0.3 is 0 Å². The van der Waals surface area contributed by atoms with Crippen molar-refractivity contribution in [1.82, 2.24) is 15.3 Å². The number of aromatic nitrogens is 2. The summed E-state index contributed by atoms with van der Waals surface area (Å²) in [6, 6.07) is 5.97. The first-order valence-corrected chi connectivity index (χ1v) is 9.18. The van der Waals surface area contributed by atoms with Crippen LogP contribution in [0.5, 0.6) is 0 Å². The van der Waals surface area contributed by atoms with Crippen molar-refractivity contribution in [1.29, 1.82) is 0 Å². The van der Waals surface area contributed by atoms with E-state index in [1.165, 1.54) is 12.1 Å². The van der Waals surface area contributed by atoms with Crippen molar-refractivity contribution < 1.29 is 9.18 Å². The van der Waals surface area contributed by atoms with Crippen LogP contribution in [0.2, 0.25) is 0 Å². The molecule has 0 aliphatic heterocycles. The van der Waals surface area contributed by atoms with Gasteiger partial charge in [-0.15, -0.1) is 0 Å². The van der Waals surface area contributed by atoms with Crippen molar-refractivity contribution in [3.8, 4) is 0 Å². The second kappa shape index (κ2) is 6.59. The van der Waals surface area contributed by atoms with Crippen LogP contribution in [-0.2, 0) is 5.41 Å². The van der Waals surface area contributed by atoms with E-state index in [2.05, 4.69) is 22.2 Å². The summed E-state index contributed by atoms with van der Waals surface area (Å²) in [5, 5.41) is 2.92. The maximum Gasteiger partial charge on any atom is 0.270 e. The average Bonchev–Trinajstić information content (AvgIpc) is 3.28. The van der Waals surface area contributed by atoms with E-state index in [0.29, 0.717) is 11.4 Å². The number of nitrogens with one attached hydrogen (secondary N) is 2. The molecule has 2 N–H and O–H groups in total. The Labute approximate surface area is 158 Å². The number of H-pyrrole nitrogens is 1. The largest absolute Gasteiger partial charge is 0.343 e. The minimum atomic E-state index is -0.456. The molecule has 3 rings (SSSR count). The minimum Gasteiger partial charge on any atom is -0.343 e. The second-order valence-electron chi connectivity index (χ2n) is 8.79. The third kappa shape index (κ3) is 4.10. The Kier molecular flexibility index (Phi) is 4.70. The van der Waals surface area contributed by atoms with Gasteiger partial charge in [0.15, 0.2) is 0 Å². The van der Waals surface area contributed by atoms with Crippen molar-refractivity contribution in [2.45, 2.75) is 58.9 Å². The molecule has 5 nitrogen and oxygen atoms in total. The molecule has 27 heavy (non-hydrogen) atoms. The molecule has 1 aromatic heterocycles.